The van der Waals surface area contributed by atoms with Crippen molar-refractivity contribution in [2.24, 2.45) is 12.8 Å². The van der Waals surface area contributed by atoms with Crippen LogP contribution >= 0.6 is 11.6 Å². The zero-order valence-corrected chi connectivity index (χ0v) is 23.1. The van der Waals surface area contributed by atoms with Crippen molar-refractivity contribution in [1.82, 2.24) is 19.7 Å². The molecule has 2 heterocycles. The number of aryl methyl sites for hydroxylation is 2. The maximum absolute atomic E-state index is 12.9. The van der Waals surface area contributed by atoms with Crippen LogP contribution in [0.15, 0.2) is 53.6 Å². The first-order valence-corrected chi connectivity index (χ1v) is 14.7. The van der Waals surface area contributed by atoms with Crippen molar-refractivity contribution in [3.05, 3.63) is 59.2 Å². The minimum absolute atomic E-state index is 0.00226. The molecule has 4 aromatic rings. The molecule has 0 aliphatic heterocycles. The molecule has 2 aromatic carbocycles. The first kappa shape index (κ1) is 26.4. The quantitative estimate of drug-likeness (QED) is 0.276. The molecule has 1 saturated carbocycles. The van der Waals surface area contributed by atoms with Crippen LogP contribution in [0.1, 0.15) is 44.6 Å². The van der Waals surface area contributed by atoms with Crippen molar-refractivity contribution >= 4 is 44.3 Å². The number of nitrogens with zero attached hydrogens (tertiary/aromatic N) is 4. The second-order valence-corrected chi connectivity index (χ2v) is 11.9. The largest absolute Gasteiger partial charge is 0.351 e. The van der Waals surface area contributed by atoms with Crippen LogP contribution in [0.3, 0.4) is 0 Å². The Morgan fingerprint density at radius 1 is 1.13 bits per heavy atom. The van der Waals surface area contributed by atoms with E-state index < -0.39 is 10.0 Å². The highest BCUT2D eigenvalue weighted by Gasteiger charge is 2.21. The number of hydrogen-bond donors (Lipinski definition) is 3. The predicted molar refractivity (Wildman–Crippen MR) is 152 cm³/mol. The lowest BCUT2D eigenvalue weighted by Crippen LogP contribution is -2.33. The molecule has 0 saturated heterocycles. The number of nitrogens with two attached hydrogens (primary N) is 1. The van der Waals surface area contributed by atoms with Crippen LogP contribution in [0, 0.1) is 0 Å². The molecule has 1 aliphatic carbocycles. The number of benzene rings is 2. The Morgan fingerprint density at radius 2 is 1.89 bits per heavy atom. The normalized spacial score (nSPS) is 18.0. The molecule has 2 aromatic heterocycles. The van der Waals surface area contributed by atoms with Gasteiger partial charge in [-0.25, -0.2) is 18.4 Å². The number of anilines is 2. The van der Waals surface area contributed by atoms with E-state index in [4.69, 9.17) is 22.3 Å². The number of fused-ring (bicyclic) bond motifs is 1. The number of hydrogen-bond acceptors (Lipinski definition) is 7. The topological polar surface area (TPSA) is 128 Å². The zero-order valence-electron chi connectivity index (χ0n) is 21.5. The van der Waals surface area contributed by atoms with Gasteiger partial charge in [-0.3, -0.25) is 9.40 Å². The molecule has 0 atom stereocenters. The van der Waals surface area contributed by atoms with Gasteiger partial charge in [0.25, 0.3) is 10.0 Å². The summed E-state index contributed by atoms with van der Waals surface area (Å²) < 4.78 is 30.0. The van der Waals surface area contributed by atoms with E-state index in [1.54, 1.807) is 29.9 Å². The summed E-state index contributed by atoms with van der Waals surface area (Å²) in [5.74, 6) is 0.849. The van der Waals surface area contributed by atoms with Gasteiger partial charge in [-0.2, -0.15) is 5.10 Å². The summed E-state index contributed by atoms with van der Waals surface area (Å²) in [7, 11) is -2.11. The Morgan fingerprint density at radius 3 is 2.63 bits per heavy atom. The summed E-state index contributed by atoms with van der Waals surface area (Å²) in [6.45, 7) is 2.13. The molecule has 1 aliphatic rings. The van der Waals surface area contributed by atoms with Crippen molar-refractivity contribution in [3.63, 3.8) is 0 Å². The van der Waals surface area contributed by atoms with Gasteiger partial charge in [0, 0.05) is 42.3 Å². The van der Waals surface area contributed by atoms with E-state index in [1.807, 2.05) is 12.3 Å². The first-order chi connectivity index (χ1) is 18.2. The van der Waals surface area contributed by atoms with Crippen molar-refractivity contribution in [3.8, 4) is 11.3 Å². The van der Waals surface area contributed by atoms with E-state index in [0.29, 0.717) is 18.0 Å². The van der Waals surface area contributed by atoms with E-state index in [2.05, 4.69) is 33.1 Å². The minimum Gasteiger partial charge on any atom is -0.351 e. The SMILES string of the molecule is CCCc1cc(-c2cc(NS(=O)(=O)c3ccccc3Cl)nn2C)cc2cnc(N[C@H]3CC[C@H](N)CC3)nc12. The van der Waals surface area contributed by atoms with E-state index in [-0.39, 0.29) is 15.7 Å². The van der Waals surface area contributed by atoms with Crippen LogP contribution in [-0.2, 0) is 23.5 Å². The predicted octanol–water partition coefficient (Wildman–Crippen LogP) is 5.12. The Labute approximate surface area is 227 Å². The molecule has 38 heavy (non-hydrogen) atoms. The Kier molecular flexibility index (Phi) is 7.56. The van der Waals surface area contributed by atoms with Gasteiger partial charge in [-0.05, 0) is 61.9 Å². The average Bonchev–Trinajstić information content (AvgIpc) is 3.25. The third kappa shape index (κ3) is 5.62. The highest BCUT2D eigenvalue weighted by atomic mass is 35.5. The molecule has 1 fully saturated rings. The van der Waals surface area contributed by atoms with E-state index in [9.17, 15) is 8.42 Å². The molecule has 9 nitrogen and oxygen atoms in total. The fourth-order valence-corrected chi connectivity index (χ4v) is 6.49. The highest BCUT2D eigenvalue weighted by molar-refractivity contribution is 7.92. The van der Waals surface area contributed by atoms with Gasteiger partial charge in [0.1, 0.15) is 4.90 Å². The summed E-state index contributed by atoms with van der Waals surface area (Å²) in [5.41, 5.74) is 9.75. The van der Waals surface area contributed by atoms with Crippen LogP contribution in [0.25, 0.3) is 22.2 Å². The number of sulfonamides is 1. The fraction of sp³-hybridized carbons (Fsp3) is 0.370. The summed E-state index contributed by atoms with van der Waals surface area (Å²) in [6.07, 6.45) is 7.72. The molecule has 0 amide bonds. The van der Waals surface area contributed by atoms with Crippen molar-refractivity contribution < 1.29 is 8.42 Å². The Hall–Kier alpha value is -3.21. The lowest BCUT2D eigenvalue weighted by molar-refractivity contribution is 0.410. The Bertz CT molecular complexity index is 1560. The summed E-state index contributed by atoms with van der Waals surface area (Å²) in [6, 6.07) is 12.8. The van der Waals surface area contributed by atoms with Gasteiger partial charge in [0.2, 0.25) is 5.95 Å². The van der Waals surface area contributed by atoms with Crippen LogP contribution in [0.2, 0.25) is 5.02 Å². The van der Waals surface area contributed by atoms with Crippen LogP contribution in [-0.4, -0.2) is 40.2 Å². The van der Waals surface area contributed by atoms with Crippen LogP contribution in [0.4, 0.5) is 11.8 Å². The monoisotopic (exact) mass is 553 g/mol. The van der Waals surface area contributed by atoms with Crippen molar-refractivity contribution in [2.45, 2.75) is 62.4 Å². The third-order valence-electron chi connectivity index (χ3n) is 6.93. The number of rotatable bonds is 8. The maximum Gasteiger partial charge on any atom is 0.264 e. The lowest BCUT2D eigenvalue weighted by atomic mass is 9.92. The standard InChI is InChI=1S/C27H32ClN7O2S/c1-3-6-17-13-18(14-19-16-30-27(32-26(17)19)31-21-11-9-20(29)10-12-21)23-15-25(33-35(23)2)34-38(36,37)24-8-5-4-7-22(24)28/h4-5,7-8,13-16,20-21H,3,6,9-12,29H2,1-2H3,(H,33,34)(H,30,31,32)/t20-,21-. The molecule has 11 heteroatoms. The van der Waals surface area contributed by atoms with Gasteiger partial charge in [-0.1, -0.05) is 37.1 Å². The number of nitrogens with one attached hydrogen (secondary N) is 2. The van der Waals surface area contributed by atoms with E-state index in [1.165, 1.54) is 12.1 Å². The van der Waals surface area contributed by atoms with Gasteiger partial charge in [0.05, 0.1) is 16.2 Å². The number of aromatic nitrogens is 4. The van der Waals surface area contributed by atoms with Gasteiger partial charge < -0.3 is 11.1 Å². The molecular formula is C27H32ClN7O2S. The summed E-state index contributed by atoms with van der Waals surface area (Å²) in [5, 5.41) is 8.96. The van der Waals surface area contributed by atoms with Crippen molar-refractivity contribution in [1.29, 1.82) is 0 Å². The molecule has 4 N–H and O–H groups in total. The van der Waals surface area contributed by atoms with Gasteiger partial charge >= 0.3 is 0 Å². The Balaban J connectivity index is 1.45. The third-order valence-corrected chi connectivity index (χ3v) is 8.78. The van der Waals surface area contributed by atoms with Crippen LogP contribution in [0.5, 0.6) is 0 Å². The smallest absolute Gasteiger partial charge is 0.264 e. The molecular weight excluding hydrogens is 522 g/mol. The lowest BCUT2D eigenvalue weighted by Gasteiger charge is -2.26. The molecule has 0 spiro atoms. The fourth-order valence-electron chi connectivity index (χ4n) is 4.99. The second-order valence-electron chi connectivity index (χ2n) is 9.85. The van der Waals surface area contributed by atoms with E-state index >= 15 is 0 Å². The average molecular weight is 554 g/mol. The van der Waals surface area contributed by atoms with Gasteiger partial charge in [-0.15, -0.1) is 0 Å². The molecule has 200 valence electrons. The minimum atomic E-state index is -3.89. The number of halogens is 1. The van der Waals surface area contributed by atoms with Crippen LogP contribution < -0.4 is 15.8 Å². The highest BCUT2D eigenvalue weighted by Crippen LogP contribution is 2.31. The zero-order chi connectivity index (χ0) is 26.9. The molecule has 0 unspecified atom stereocenters. The summed E-state index contributed by atoms with van der Waals surface area (Å²) in [4.78, 5) is 9.48. The first-order valence-electron chi connectivity index (χ1n) is 12.9. The van der Waals surface area contributed by atoms with Gasteiger partial charge in [0.15, 0.2) is 5.82 Å². The van der Waals surface area contributed by atoms with Crippen molar-refractivity contribution in [2.75, 3.05) is 10.0 Å². The maximum atomic E-state index is 12.9. The second kappa shape index (κ2) is 10.9. The molecule has 5 rings (SSSR count). The molecule has 0 radical (unpaired) electrons. The molecule has 0 bridgehead atoms. The van der Waals surface area contributed by atoms with E-state index in [0.717, 1.165) is 66.2 Å². The summed E-state index contributed by atoms with van der Waals surface area (Å²) >= 11 is 6.12.